The molecule has 1 rings (SSSR count). The highest BCUT2D eigenvalue weighted by molar-refractivity contribution is 7.89. The lowest BCUT2D eigenvalue weighted by molar-refractivity contribution is 0.214. The highest BCUT2D eigenvalue weighted by atomic mass is 35.5. The summed E-state index contributed by atoms with van der Waals surface area (Å²) >= 11 is 5.90. The topological polar surface area (TPSA) is 66.8 Å². The summed E-state index contributed by atoms with van der Waals surface area (Å²) < 4.78 is 30.5. The Bertz CT molecular complexity index is 518. The van der Waals surface area contributed by atoms with Gasteiger partial charge >= 0.3 is 0 Å². The minimum Gasteiger partial charge on any atom is -0.495 e. The van der Waals surface area contributed by atoms with Gasteiger partial charge in [0.25, 0.3) is 0 Å². The molecular formula is C11H16ClNO4S. The molecule has 7 heteroatoms. The van der Waals surface area contributed by atoms with Gasteiger partial charge in [0.2, 0.25) is 10.0 Å². The van der Waals surface area contributed by atoms with Gasteiger partial charge in [-0.2, -0.15) is 4.31 Å². The van der Waals surface area contributed by atoms with Crippen LogP contribution in [0.25, 0.3) is 0 Å². The van der Waals surface area contributed by atoms with Crippen LogP contribution in [0.2, 0.25) is 5.02 Å². The summed E-state index contributed by atoms with van der Waals surface area (Å²) in [6, 6.07) is 3.74. The quantitative estimate of drug-likeness (QED) is 0.890. The molecule has 1 aromatic rings. The van der Waals surface area contributed by atoms with E-state index in [9.17, 15) is 8.42 Å². The molecule has 0 aromatic heterocycles. The molecule has 0 saturated heterocycles. The predicted octanol–water partition coefficient (Wildman–Crippen LogP) is 1.35. The van der Waals surface area contributed by atoms with Crippen molar-refractivity contribution in [2.24, 2.45) is 0 Å². The molecule has 0 aliphatic carbocycles. The number of hydrogen-bond donors (Lipinski definition) is 1. The Hall–Kier alpha value is -0.820. The third-order valence-electron chi connectivity index (χ3n) is 2.69. The number of aliphatic hydroxyl groups is 1. The average molecular weight is 294 g/mol. The molecule has 0 saturated carbocycles. The molecule has 0 radical (unpaired) electrons. The van der Waals surface area contributed by atoms with Crippen LogP contribution in [0.5, 0.6) is 5.75 Å². The minimum atomic E-state index is -3.66. The Kier molecular flexibility index (Phi) is 4.98. The van der Waals surface area contributed by atoms with Gasteiger partial charge in [-0.15, -0.1) is 0 Å². The number of nitrogens with zero attached hydrogens (tertiary/aromatic N) is 1. The summed E-state index contributed by atoms with van der Waals surface area (Å²) in [7, 11) is -0.800. The van der Waals surface area contributed by atoms with Gasteiger partial charge < -0.3 is 9.84 Å². The van der Waals surface area contributed by atoms with Crippen LogP contribution < -0.4 is 4.74 Å². The van der Waals surface area contributed by atoms with E-state index in [2.05, 4.69) is 0 Å². The van der Waals surface area contributed by atoms with Gasteiger partial charge in [0, 0.05) is 13.1 Å². The van der Waals surface area contributed by atoms with E-state index in [1.165, 1.54) is 32.4 Å². The highest BCUT2D eigenvalue weighted by Gasteiger charge is 2.25. The van der Waals surface area contributed by atoms with Crippen molar-refractivity contribution in [3.05, 3.63) is 23.2 Å². The number of aliphatic hydroxyl groups excluding tert-OH is 1. The minimum absolute atomic E-state index is 0.0658. The van der Waals surface area contributed by atoms with Gasteiger partial charge in [0.05, 0.1) is 23.6 Å². The Labute approximate surface area is 112 Å². The molecular weight excluding hydrogens is 278 g/mol. The summed E-state index contributed by atoms with van der Waals surface area (Å²) in [5.74, 6) is 0.411. The first-order valence-corrected chi connectivity index (χ1v) is 7.08. The van der Waals surface area contributed by atoms with Crippen molar-refractivity contribution >= 4 is 21.6 Å². The Morgan fingerprint density at radius 1 is 1.50 bits per heavy atom. The van der Waals surface area contributed by atoms with Gasteiger partial charge in [0.15, 0.2) is 0 Å². The first kappa shape index (κ1) is 15.2. The molecule has 1 atom stereocenters. The monoisotopic (exact) mass is 293 g/mol. The van der Waals surface area contributed by atoms with Gasteiger partial charge in [-0.25, -0.2) is 8.42 Å². The number of ether oxygens (including phenoxy) is 1. The second-order valence-corrected chi connectivity index (χ2v) is 6.25. The third-order valence-corrected chi connectivity index (χ3v) is 4.95. The fourth-order valence-electron chi connectivity index (χ4n) is 1.33. The maximum atomic E-state index is 12.2. The van der Waals surface area contributed by atoms with Crippen LogP contribution in [0.3, 0.4) is 0 Å². The largest absolute Gasteiger partial charge is 0.495 e. The van der Waals surface area contributed by atoms with Gasteiger partial charge in [-0.3, -0.25) is 0 Å². The third kappa shape index (κ3) is 2.95. The van der Waals surface area contributed by atoms with E-state index >= 15 is 0 Å². The van der Waals surface area contributed by atoms with Crippen molar-refractivity contribution in [3.8, 4) is 5.75 Å². The fraction of sp³-hybridized carbons (Fsp3) is 0.455. The summed E-state index contributed by atoms with van der Waals surface area (Å²) in [6.45, 7) is 1.36. The Morgan fingerprint density at radius 2 is 2.11 bits per heavy atom. The van der Waals surface area contributed by atoms with Crippen LogP contribution in [0.1, 0.15) is 6.92 Å². The van der Waals surface area contributed by atoms with E-state index in [0.717, 1.165) is 4.31 Å². The molecule has 1 N–H and O–H groups in total. The zero-order chi connectivity index (χ0) is 13.9. The van der Waals surface area contributed by atoms with E-state index in [1.54, 1.807) is 6.92 Å². The maximum absolute atomic E-state index is 12.2. The van der Waals surface area contributed by atoms with Crippen LogP contribution >= 0.6 is 11.6 Å². The van der Waals surface area contributed by atoms with E-state index < -0.39 is 16.1 Å². The number of likely N-dealkylation sites (N-methyl/N-ethyl adjacent to an activating group) is 1. The maximum Gasteiger partial charge on any atom is 0.243 e. The molecule has 1 unspecified atom stereocenters. The standard InChI is InChI=1S/C11H16ClNO4S/c1-8(7-14)13(2)18(15,16)9-4-5-11(17-3)10(12)6-9/h4-6,8,14H,7H2,1-3H3. The lowest BCUT2D eigenvalue weighted by Crippen LogP contribution is -2.37. The first-order chi connectivity index (χ1) is 8.34. The molecule has 0 aliphatic heterocycles. The number of halogens is 1. The number of rotatable bonds is 5. The molecule has 0 amide bonds. The first-order valence-electron chi connectivity index (χ1n) is 5.27. The molecule has 5 nitrogen and oxygen atoms in total. The Balaban J connectivity index is 3.17. The van der Waals surface area contributed by atoms with Crippen LogP contribution in [0.4, 0.5) is 0 Å². The van der Waals surface area contributed by atoms with E-state index in [0.29, 0.717) is 5.75 Å². The molecule has 0 bridgehead atoms. The van der Waals surface area contributed by atoms with Gasteiger partial charge in [-0.1, -0.05) is 11.6 Å². The summed E-state index contributed by atoms with van der Waals surface area (Å²) in [5, 5.41) is 9.23. The Morgan fingerprint density at radius 3 is 2.56 bits per heavy atom. The van der Waals surface area contributed by atoms with Crippen LogP contribution in [-0.4, -0.2) is 44.6 Å². The lowest BCUT2D eigenvalue weighted by Gasteiger charge is -2.22. The van der Waals surface area contributed by atoms with Crippen LogP contribution in [0.15, 0.2) is 23.1 Å². The molecule has 102 valence electrons. The number of methoxy groups -OCH3 is 1. The lowest BCUT2D eigenvalue weighted by atomic mass is 10.3. The van der Waals surface area contributed by atoms with Crippen molar-refractivity contribution in [2.45, 2.75) is 17.9 Å². The zero-order valence-corrected chi connectivity index (χ0v) is 12.0. The number of hydrogen-bond acceptors (Lipinski definition) is 4. The van der Waals surface area contributed by atoms with Gasteiger partial charge in [0.1, 0.15) is 5.75 Å². The van der Waals surface area contributed by atoms with Crippen molar-refractivity contribution in [2.75, 3.05) is 20.8 Å². The second-order valence-electron chi connectivity index (χ2n) is 3.85. The average Bonchev–Trinajstić information content (AvgIpc) is 2.36. The summed E-state index contributed by atoms with van der Waals surface area (Å²) in [6.07, 6.45) is 0. The molecule has 0 spiro atoms. The van der Waals surface area contributed by atoms with Crippen molar-refractivity contribution in [1.82, 2.24) is 4.31 Å². The smallest absolute Gasteiger partial charge is 0.243 e. The second kappa shape index (κ2) is 5.88. The fourth-order valence-corrected chi connectivity index (χ4v) is 3.03. The molecule has 0 heterocycles. The van der Waals surface area contributed by atoms with Gasteiger partial charge in [-0.05, 0) is 25.1 Å². The van der Waals surface area contributed by atoms with E-state index in [1.807, 2.05) is 0 Å². The highest BCUT2D eigenvalue weighted by Crippen LogP contribution is 2.28. The molecule has 0 aliphatic rings. The van der Waals surface area contributed by atoms with Crippen molar-refractivity contribution in [1.29, 1.82) is 0 Å². The summed E-state index contributed by atoms with van der Waals surface area (Å²) in [5.41, 5.74) is 0. The van der Waals surface area contributed by atoms with Crippen molar-refractivity contribution < 1.29 is 18.3 Å². The van der Waals surface area contributed by atoms with E-state index in [-0.39, 0.29) is 16.5 Å². The SMILES string of the molecule is COc1ccc(S(=O)(=O)N(C)C(C)CO)cc1Cl. The van der Waals surface area contributed by atoms with Crippen LogP contribution in [-0.2, 0) is 10.0 Å². The van der Waals surface area contributed by atoms with E-state index in [4.69, 9.17) is 21.4 Å². The predicted molar refractivity (Wildman–Crippen MR) is 69.5 cm³/mol. The van der Waals surface area contributed by atoms with Crippen LogP contribution in [0, 0.1) is 0 Å². The van der Waals surface area contributed by atoms with Crippen molar-refractivity contribution in [3.63, 3.8) is 0 Å². The summed E-state index contributed by atoms with van der Waals surface area (Å²) in [4.78, 5) is 0.0658. The molecule has 18 heavy (non-hydrogen) atoms. The molecule has 0 fully saturated rings. The normalized spacial score (nSPS) is 13.7. The number of sulfonamides is 1. The number of benzene rings is 1. The zero-order valence-electron chi connectivity index (χ0n) is 10.4. The molecule has 1 aromatic carbocycles.